The lowest BCUT2D eigenvalue weighted by Gasteiger charge is -2.20. The zero-order chi connectivity index (χ0) is 22.7. The van der Waals surface area contributed by atoms with E-state index in [0.29, 0.717) is 27.5 Å². The van der Waals surface area contributed by atoms with Gasteiger partial charge in [-0.15, -0.1) is 12.4 Å². The number of benzene rings is 2. The van der Waals surface area contributed by atoms with E-state index in [4.69, 9.17) is 32.9 Å². The maximum Gasteiger partial charge on any atom is 0.266 e. The Morgan fingerprint density at radius 3 is 2.76 bits per heavy atom. The average molecular weight is 526 g/mol. The zero-order valence-electron chi connectivity index (χ0n) is 18.1. The Kier molecular flexibility index (Phi) is 8.59. The van der Waals surface area contributed by atoms with Crippen LogP contribution in [0.4, 0.5) is 5.13 Å². The minimum absolute atomic E-state index is 0. The van der Waals surface area contributed by atoms with Gasteiger partial charge in [-0.05, 0) is 55.7 Å². The summed E-state index contributed by atoms with van der Waals surface area (Å²) in [5.74, 6) is 0.230. The second-order valence-electron chi connectivity index (χ2n) is 7.41. The molecule has 4 aromatic rings. The van der Waals surface area contributed by atoms with E-state index in [1.54, 1.807) is 35.6 Å². The summed E-state index contributed by atoms with van der Waals surface area (Å²) in [6, 6.07) is 9.05. The normalized spacial score (nSPS) is 10.8. The predicted molar refractivity (Wildman–Crippen MR) is 137 cm³/mol. The minimum Gasteiger partial charge on any atom is -0.482 e. The van der Waals surface area contributed by atoms with Crippen LogP contribution < -0.4 is 9.64 Å². The van der Waals surface area contributed by atoms with Crippen LogP contribution in [0.1, 0.15) is 17.5 Å². The number of ether oxygens (including phenoxy) is 1. The van der Waals surface area contributed by atoms with Gasteiger partial charge in [0.1, 0.15) is 5.75 Å². The summed E-state index contributed by atoms with van der Waals surface area (Å²) >= 11 is 13.6. The SMILES string of the molecule is Cc1ccc2sc(N(CCCn3ccnc3)C(=O)COc3ccc(Cl)cc3Cl)nc2c1C.Cl. The third-order valence-electron chi connectivity index (χ3n) is 5.21. The maximum absolute atomic E-state index is 13.2. The van der Waals surface area contributed by atoms with Crippen molar-refractivity contribution >= 4 is 68.2 Å². The molecule has 174 valence electrons. The van der Waals surface area contributed by atoms with E-state index in [1.165, 1.54) is 16.9 Å². The van der Waals surface area contributed by atoms with E-state index in [-0.39, 0.29) is 24.9 Å². The van der Waals surface area contributed by atoms with Gasteiger partial charge in [-0.2, -0.15) is 0 Å². The number of carbonyl (C=O) groups is 1. The highest BCUT2D eigenvalue weighted by molar-refractivity contribution is 7.22. The lowest BCUT2D eigenvalue weighted by molar-refractivity contribution is -0.120. The third-order valence-corrected chi connectivity index (χ3v) is 6.78. The number of aryl methyl sites for hydroxylation is 3. The number of imidazole rings is 1. The Labute approximate surface area is 212 Å². The molecule has 0 aliphatic carbocycles. The molecule has 0 aliphatic rings. The number of nitrogens with zero attached hydrogens (tertiary/aromatic N) is 4. The number of fused-ring (bicyclic) bond motifs is 1. The van der Waals surface area contributed by atoms with Gasteiger partial charge in [-0.3, -0.25) is 9.69 Å². The lowest BCUT2D eigenvalue weighted by atomic mass is 10.1. The molecular formula is C23H23Cl3N4O2S. The van der Waals surface area contributed by atoms with Gasteiger partial charge in [-0.25, -0.2) is 9.97 Å². The molecule has 2 aromatic carbocycles. The first-order chi connectivity index (χ1) is 15.4. The summed E-state index contributed by atoms with van der Waals surface area (Å²) in [7, 11) is 0. The summed E-state index contributed by atoms with van der Waals surface area (Å²) in [5, 5.41) is 1.54. The molecule has 0 saturated carbocycles. The van der Waals surface area contributed by atoms with Crippen molar-refractivity contribution in [2.24, 2.45) is 0 Å². The molecule has 2 heterocycles. The molecule has 33 heavy (non-hydrogen) atoms. The molecule has 0 N–H and O–H groups in total. The molecule has 10 heteroatoms. The molecule has 0 bridgehead atoms. The summed E-state index contributed by atoms with van der Waals surface area (Å²) in [6.07, 6.45) is 6.16. The lowest BCUT2D eigenvalue weighted by Crippen LogP contribution is -2.36. The fraction of sp³-hybridized carbons (Fsp3) is 0.261. The van der Waals surface area contributed by atoms with Crippen LogP contribution in [0.5, 0.6) is 5.75 Å². The van der Waals surface area contributed by atoms with E-state index >= 15 is 0 Å². The van der Waals surface area contributed by atoms with E-state index in [0.717, 1.165) is 28.7 Å². The fourth-order valence-electron chi connectivity index (χ4n) is 3.30. The van der Waals surface area contributed by atoms with Gasteiger partial charge in [0.05, 0.1) is 21.6 Å². The van der Waals surface area contributed by atoms with Gasteiger partial charge < -0.3 is 9.30 Å². The molecule has 0 radical (unpaired) electrons. The number of carbonyl (C=O) groups excluding carboxylic acids is 1. The van der Waals surface area contributed by atoms with Crippen molar-refractivity contribution in [2.75, 3.05) is 18.1 Å². The number of amides is 1. The second-order valence-corrected chi connectivity index (χ2v) is 9.27. The highest BCUT2D eigenvalue weighted by Crippen LogP contribution is 2.32. The molecule has 1 amide bonds. The summed E-state index contributed by atoms with van der Waals surface area (Å²) in [5.41, 5.74) is 3.23. The fourth-order valence-corrected chi connectivity index (χ4v) is 4.83. The van der Waals surface area contributed by atoms with E-state index in [1.807, 2.05) is 10.8 Å². The first-order valence-corrected chi connectivity index (χ1v) is 11.7. The molecule has 4 rings (SSSR count). The summed E-state index contributed by atoms with van der Waals surface area (Å²) in [6.45, 7) is 5.22. The minimum atomic E-state index is -0.185. The van der Waals surface area contributed by atoms with Crippen molar-refractivity contribution in [1.82, 2.24) is 14.5 Å². The number of rotatable bonds is 8. The first-order valence-electron chi connectivity index (χ1n) is 10.1. The number of aromatic nitrogens is 3. The predicted octanol–water partition coefficient (Wildman–Crippen LogP) is 6.34. The molecular weight excluding hydrogens is 503 g/mol. The molecule has 0 spiro atoms. The van der Waals surface area contributed by atoms with E-state index in [9.17, 15) is 4.79 Å². The van der Waals surface area contributed by atoms with Gasteiger partial charge in [0.2, 0.25) is 0 Å². The highest BCUT2D eigenvalue weighted by atomic mass is 35.5. The first kappa shape index (κ1) is 25.3. The zero-order valence-corrected chi connectivity index (χ0v) is 21.3. The van der Waals surface area contributed by atoms with Crippen LogP contribution >= 0.6 is 46.9 Å². The summed E-state index contributed by atoms with van der Waals surface area (Å²) < 4.78 is 8.74. The molecule has 0 unspecified atom stereocenters. The molecule has 0 fully saturated rings. The highest BCUT2D eigenvalue weighted by Gasteiger charge is 2.21. The van der Waals surface area contributed by atoms with Crippen LogP contribution in [-0.4, -0.2) is 33.6 Å². The number of halogens is 3. The third kappa shape index (κ3) is 5.98. The smallest absolute Gasteiger partial charge is 0.266 e. The Hall–Kier alpha value is -2.32. The van der Waals surface area contributed by atoms with Crippen LogP contribution in [0.15, 0.2) is 49.1 Å². The van der Waals surface area contributed by atoms with Crippen LogP contribution in [0, 0.1) is 13.8 Å². The van der Waals surface area contributed by atoms with Gasteiger partial charge in [0.25, 0.3) is 5.91 Å². The van der Waals surface area contributed by atoms with Gasteiger partial charge in [0.15, 0.2) is 11.7 Å². The van der Waals surface area contributed by atoms with Crippen molar-refractivity contribution in [3.05, 3.63) is 70.2 Å². The van der Waals surface area contributed by atoms with Crippen LogP contribution in [0.2, 0.25) is 10.0 Å². The van der Waals surface area contributed by atoms with Crippen LogP contribution in [0.25, 0.3) is 10.2 Å². The monoisotopic (exact) mass is 524 g/mol. The largest absolute Gasteiger partial charge is 0.482 e. The Morgan fingerprint density at radius 2 is 2.03 bits per heavy atom. The van der Waals surface area contributed by atoms with Gasteiger partial charge in [-0.1, -0.05) is 40.6 Å². The quantitative estimate of drug-likeness (QED) is 0.269. The van der Waals surface area contributed by atoms with Crippen LogP contribution in [-0.2, 0) is 11.3 Å². The summed E-state index contributed by atoms with van der Waals surface area (Å²) in [4.78, 5) is 23.8. The number of anilines is 1. The average Bonchev–Trinajstić information content (AvgIpc) is 3.43. The topological polar surface area (TPSA) is 60.2 Å². The Balaban J connectivity index is 0.00000306. The van der Waals surface area contributed by atoms with E-state index < -0.39 is 0 Å². The van der Waals surface area contributed by atoms with Gasteiger partial charge in [0, 0.05) is 30.5 Å². The molecule has 6 nitrogen and oxygen atoms in total. The molecule has 2 aromatic heterocycles. The van der Waals surface area contributed by atoms with Crippen molar-refractivity contribution < 1.29 is 9.53 Å². The molecule has 0 aliphatic heterocycles. The van der Waals surface area contributed by atoms with Crippen molar-refractivity contribution in [3.8, 4) is 5.75 Å². The Morgan fingerprint density at radius 1 is 1.21 bits per heavy atom. The van der Waals surface area contributed by atoms with Crippen molar-refractivity contribution in [3.63, 3.8) is 0 Å². The number of hydrogen-bond donors (Lipinski definition) is 0. The molecule has 0 atom stereocenters. The van der Waals surface area contributed by atoms with Crippen molar-refractivity contribution in [1.29, 1.82) is 0 Å². The van der Waals surface area contributed by atoms with Crippen LogP contribution in [0.3, 0.4) is 0 Å². The Bertz CT molecular complexity index is 1240. The number of thiazole rings is 1. The molecule has 0 saturated heterocycles. The maximum atomic E-state index is 13.2. The number of hydrogen-bond acceptors (Lipinski definition) is 5. The van der Waals surface area contributed by atoms with E-state index in [2.05, 4.69) is 31.0 Å². The standard InChI is InChI=1S/C23H22Cl2N4O2S.ClH/c1-15-4-7-20-22(16(15)2)27-23(32-20)29(10-3-9-28-11-8-26-14-28)21(30)13-31-19-6-5-17(24)12-18(19)25;/h4-8,11-12,14H,3,9-10,13H2,1-2H3;1H. The van der Waals surface area contributed by atoms with Gasteiger partial charge >= 0.3 is 0 Å². The second kappa shape index (κ2) is 11.2. The van der Waals surface area contributed by atoms with Crippen molar-refractivity contribution in [2.45, 2.75) is 26.8 Å².